The monoisotopic (exact) mass is 236 g/mol. The van der Waals surface area contributed by atoms with Crippen molar-refractivity contribution in [1.82, 2.24) is 5.34 Å². The minimum atomic E-state index is -3.59. The molecule has 3 heterocycles. The van der Waals surface area contributed by atoms with Gasteiger partial charge in [0.25, 0.3) is 0 Å². The molecule has 3 aliphatic rings. The summed E-state index contributed by atoms with van der Waals surface area (Å²) >= 11 is 0. The highest BCUT2D eigenvalue weighted by atomic mass is 31.2. The van der Waals surface area contributed by atoms with E-state index in [0.717, 1.165) is 6.07 Å². The van der Waals surface area contributed by atoms with Crippen LogP contribution in [0.25, 0.3) is 0 Å². The highest BCUT2D eigenvalue weighted by molar-refractivity contribution is 7.49. The third-order valence-corrected chi connectivity index (χ3v) is 2.84. The molecule has 1 aromatic carbocycles. The number of hydrogen-bond donors (Lipinski definition) is 0. The Hall–Kier alpha value is -1.05. The van der Waals surface area contributed by atoms with Crippen LogP contribution in [-0.2, 0) is 18.4 Å². The molecule has 0 N–H and O–H groups in total. The Morgan fingerprint density at radius 1 is 1.20 bits per heavy atom. The van der Waals surface area contributed by atoms with E-state index >= 15 is 0 Å². The maximum atomic E-state index is 13.2. The van der Waals surface area contributed by atoms with E-state index in [1.54, 1.807) is 0 Å². The molecule has 3 fully saturated rings. The average Bonchev–Trinajstić information content (AvgIpc) is 2.63. The van der Waals surface area contributed by atoms with Gasteiger partial charge in [-0.2, -0.15) is 0 Å². The second-order valence-electron chi connectivity index (χ2n) is 2.78. The van der Waals surface area contributed by atoms with E-state index in [0.29, 0.717) is 10.5 Å². The highest BCUT2D eigenvalue weighted by Crippen LogP contribution is 2.67. The summed E-state index contributed by atoms with van der Waals surface area (Å²) in [6.07, 6.45) is 0. The number of hydrazine groups is 1. The maximum Gasteiger partial charge on any atom is 0.538 e. The summed E-state index contributed by atoms with van der Waals surface area (Å²) in [4.78, 5) is 0. The second kappa shape index (κ2) is 2.75. The summed E-state index contributed by atoms with van der Waals surface area (Å²) in [6.45, 7) is 0. The van der Waals surface area contributed by atoms with E-state index in [2.05, 4.69) is 13.9 Å². The lowest BCUT2D eigenvalue weighted by Gasteiger charge is -2.21. The number of phosphoric acid groups is 1. The van der Waals surface area contributed by atoms with Gasteiger partial charge in [0.1, 0.15) is 5.69 Å². The van der Waals surface area contributed by atoms with Crippen molar-refractivity contribution in [3.05, 3.63) is 29.8 Å². The Labute approximate surface area is 82.0 Å². The first-order valence-corrected chi connectivity index (χ1v) is 5.28. The summed E-state index contributed by atoms with van der Waals surface area (Å²) in [7, 11) is -3.59. The Balaban J connectivity index is 2.01. The van der Waals surface area contributed by atoms with Gasteiger partial charge in [-0.05, 0) is 12.1 Å². The number of nitrogens with zero attached hydrogens (tertiary/aromatic N) is 2. The molecule has 0 aromatic heterocycles. The number of halogens is 2. The predicted molar refractivity (Wildman–Crippen MR) is 41.5 cm³/mol. The number of anilines is 1. The zero-order valence-corrected chi connectivity index (χ0v) is 7.86. The van der Waals surface area contributed by atoms with Crippen molar-refractivity contribution in [2.75, 3.05) is 5.17 Å². The number of rotatable bonds is 1. The fraction of sp³-hybridized carbons (Fsp3) is 0. The second-order valence-corrected chi connectivity index (χ2v) is 4.16. The van der Waals surface area contributed by atoms with Crippen LogP contribution in [0.3, 0.4) is 0 Å². The molecule has 0 saturated carbocycles. The third kappa shape index (κ3) is 1.20. The van der Waals surface area contributed by atoms with Crippen LogP contribution in [0.15, 0.2) is 18.2 Å². The first-order valence-electron chi connectivity index (χ1n) is 3.82. The third-order valence-electron chi connectivity index (χ3n) is 1.80. The van der Waals surface area contributed by atoms with Gasteiger partial charge in [0, 0.05) is 0 Å². The van der Waals surface area contributed by atoms with Gasteiger partial charge < -0.3 is 0 Å². The summed E-state index contributed by atoms with van der Waals surface area (Å²) in [5.41, 5.74) is -0.287. The molecule has 6 nitrogen and oxygen atoms in total. The fourth-order valence-electron chi connectivity index (χ4n) is 1.17. The van der Waals surface area contributed by atoms with Crippen LogP contribution < -0.4 is 5.17 Å². The zero-order valence-electron chi connectivity index (χ0n) is 6.96. The first-order chi connectivity index (χ1) is 7.09. The maximum absolute atomic E-state index is 13.2. The van der Waals surface area contributed by atoms with Crippen molar-refractivity contribution in [1.29, 1.82) is 0 Å². The van der Waals surface area contributed by atoms with Crippen LogP contribution in [-0.4, -0.2) is 5.34 Å². The molecular formula is C6H3F2N2O4P. The zero-order chi connectivity index (χ0) is 10.6. The van der Waals surface area contributed by atoms with Gasteiger partial charge in [-0.1, -0.05) is 6.07 Å². The van der Waals surface area contributed by atoms with Crippen molar-refractivity contribution in [2.45, 2.75) is 0 Å². The molecule has 1 aromatic rings. The predicted octanol–water partition coefficient (Wildman–Crippen LogP) is 1.92. The summed E-state index contributed by atoms with van der Waals surface area (Å²) in [5, 5.41) is 1.21. The van der Waals surface area contributed by atoms with Crippen LogP contribution in [0, 0.1) is 11.6 Å². The highest BCUT2D eigenvalue weighted by Gasteiger charge is 2.60. The summed E-state index contributed by atoms with van der Waals surface area (Å²) in [6, 6.07) is 3.43. The minimum absolute atomic E-state index is 0.287. The summed E-state index contributed by atoms with van der Waals surface area (Å²) < 4.78 is 50.8. The van der Waals surface area contributed by atoms with Gasteiger partial charge in [0.2, 0.25) is 0 Å². The van der Waals surface area contributed by atoms with Crippen LogP contribution in [0.5, 0.6) is 0 Å². The van der Waals surface area contributed by atoms with E-state index in [1.165, 1.54) is 12.1 Å². The van der Waals surface area contributed by atoms with E-state index in [4.69, 9.17) is 0 Å². The lowest BCUT2D eigenvalue weighted by atomic mass is 10.3. The van der Waals surface area contributed by atoms with Crippen LogP contribution in [0.4, 0.5) is 14.5 Å². The molecule has 0 spiro atoms. The molecule has 3 saturated heterocycles. The normalized spacial score (nSPS) is 32.9. The smallest absolute Gasteiger partial charge is 0.222 e. The Kier molecular flexibility index (Phi) is 1.68. The standard InChI is InChI=1S/C6H3F2N2O4P/c7-4-2-1-3-5(6(4)8)9-10-13-15(11,12-9)14-10/h1-3H. The molecule has 3 aliphatic heterocycles. The lowest BCUT2D eigenvalue weighted by Crippen LogP contribution is -2.34. The van der Waals surface area contributed by atoms with Crippen LogP contribution in [0.1, 0.15) is 0 Å². The topological polar surface area (TPSA) is 51.2 Å². The molecule has 2 bridgehead atoms. The van der Waals surface area contributed by atoms with Gasteiger partial charge in [-0.3, -0.25) is 0 Å². The van der Waals surface area contributed by atoms with E-state index in [-0.39, 0.29) is 5.69 Å². The largest absolute Gasteiger partial charge is 0.538 e. The molecular weight excluding hydrogens is 233 g/mol. The number of hydrogen-bond acceptors (Lipinski definition) is 6. The summed E-state index contributed by atoms with van der Waals surface area (Å²) in [5.74, 6) is -2.20. The van der Waals surface area contributed by atoms with Crippen molar-refractivity contribution >= 4 is 13.5 Å². The Morgan fingerprint density at radius 3 is 2.53 bits per heavy atom. The van der Waals surface area contributed by atoms with Crippen molar-refractivity contribution in [3.63, 3.8) is 0 Å². The number of benzene rings is 1. The van der Waals surface area contributed by atoms with E-state index in [1.807, 2.05) is 0 Å². The first kappa shape index (κ1) is 9.20. The van der Waals surface area contributed by atoms with Gasteiger partial charge in [-0.15, -0.1) is 19.0 Å². The van der Waals surface area contributed by atoms with E-state index < -0.39 is 19.5 Å². The van der Waals surface area contributed by atoms with Crippen molar-refractivity contribution < 1.29 is 27.2 Å². The molecule has 0 unspecified atom stereocenters. The number of fused-ring (bicyclic) bond motifs is 1. The SMILES string of the molecule is O=P12ON(O1)N(c1cccc(F)c1F)O2. The van der Waals surface area contributed by atoms with Gasteiger partial charge in [0.15, 0.2) is 11.6 Å². The van der Waals surface area contributed by atoms with Crippen molar-refractivity contribution in [3.8, 4) is 0 Å². The Morgan fingerprint density at radius 2 is 1.93 bits per heavy atom. The molecule has 0 atom stereocenters. The lowest BCUT2D eigenvalue weighted by molar-refractivity contribution is -0.319. The van der Waals surface area contributed by atoms with Gasteiger partial charge in [0.05, 0.1) is 5.34 Å². The molecule has 4 rings (SSSR count). The van der Waals surface area contributed by atoms with Crippen LogP contribution in [0.2, 0.25) is 0 Å². The molecule has 0 aliphatic carbocycles. The molecule has 0 amide bonds. The Bertz CT molecular complexity index is 474. The fourth-order valence-corrected chi connectivity index (χ4v) is 2.05. The van der Waals surface area contributed by atoms with Gasteiger partial charge >= 0.3 is 7.82 Å². The minimum Gasteiger partial charge on any atom is -0.222 e. The van der Waals surface area contributed by atoms with Crippen molar-refractivity contribution in [2.24, 2.45) is 0 Å². The molecule has 9 heteroatoms. The molecule has 80 valence electrons. The molecule has 0 radical (unpaired) electrons. The average molecular weight is 236 g/mol. The quantitative estimate of drug-likeness (QED) is 0.694. The van der Waals surface area contributed by atoms with Gasteiger partial charge in [-0.25, -0.2) is 13.3 Å². The van der Waals surface area contributed by atoms with Crippen LogP contribution >= 0.6 is 7.82 Å². The van der Waals surface area contributed by atoms with E-state index in [9.17, 15) is 13.3 Å². The molecule has 15 heavy (non-hydrogen) atoms.